The Labute approximate surface area is 223 Å². The van der Waals surface area contributed by atoms with Crippen molar-refractivity contribution in [3.8, 4) is 11.1 Å². The average Bonchev–Trinajstić information content (AvgIpc) is 2.90. The topological polar surface area (TPSA) is 103 Å². The number of benzene rings is 2. The van der Waals surface area contributed by atoms with Crippen LogP contribution in [0.1, 0.15) is 16.8 Å². The molecule has 0 bridgehead atoms. The highest BCUT2D eigenvalue weighted by molar-refractivity contribution is 6.32. The van der Waals surface area contributed by atoms with E-state index in [1.165, 1.54) is 6.33 Å². The minimum absolute atomic E-state index is 0.0609. The van der Waals surface area contributed by atoms with E-state index in [4.69, 9.17) is 17.3 Å². The highest BCUT2D eigenvalue weighted by Gasteiger charge is 2.19. The molecule has 1 saturated heterocycles. The molecule has 0 saturated carbocycles. The van der Waals surface area contributed by atoms with Crippen molar-refractivity contribution in [1.82, 2.24) is 25.1 Å². The fourth-order valence-electron chi connectivity index (χ4n) is 4.25. The molecular formula is C27H35ClN8O. The van der Waals surface area contributed by atoms with Crippen molar-refractivity contribution in [2.24, 2.45) is 0 Å². The minimum atomic E-state index is -0.0609. The van der Waals surface area contributed by atoms with Gasteiger partial charge in [0.25, 0.3) is 5.91 Å². The van der Waals surface area contributed by atoms with Crippen LogP contribution in [0, 0.1) is 0 Å². The summed E-state index contributed by atoms with van der Waals surface area (Å²) in [4.78, 5) is 27.6. The van der Waals surface area contributed by atoms with Crippen LogP contribution in [0.2, 0.25) is 5.15 Å². The van der Waals surface area contributed by atoms with Gasteiger partial charge in [-0.3, -0.25) is 4.79 Å². The average molecular weight is 523 g/mol. The summed E-state index contributed by atoms with van der Waals surface area (Å²) in [6, 6.07) is 14.0. The quantitative estimate of drug-likeness (QED) is 0.289. The maximum Gasteiger partial charge on any atom is 0.251 e. The number of likely N-dealkylation sites (N-methyl/N-ethyl adjacent to an activating group) is 1. The second-order valence-corrected chi connectivity index (χ2v) is 9.92. The van der Waals surface area contributed by atoms with Gasteiger partial charge in [0, 0.05) is 38.3 Å². The zero-order valence-electron chi connectivity index (χ0n) is 21.7. The maximum atomic E-state index is 12.5. The Balaban J connectivity index is 1.56. The van der Waals surface area contributed by atoms with Crippen LogP contribution in [0.3, 0.4) is 0 Å². The van der Waals surface area contributed by atoms with E-state index in [1.807, 2.05) is 38.4 Å². The Hall–Kier alpha value is -3.40. The zero-order chi connectivity index (χ0) is 26.4. The smallest absolute Gasteiger partial charge is 0.251 e. The lowest BCUT2D eigenvalue weighted by atomic mass is 10.0. The van der Waals surface area contributed by atoms with Crippen molar-refractivity contribution in [3.05, 3.63) is 59.5 Å². The van der Waals surface area contributed by atoms with Gasteiger partial charge in [0.2, 0.25) is 0 Å². The summed E-state index contributed by atoms with van der Waals surface area (Å²) in [5.74, 6) is 0.406. The molecule has 196 valence electrons. The lowest BCUT2D eigenvalue weighted by molar-refractivity contribution is 0.0952. The summed E-state index contributed by atoms with van der Waals surface area (Å²) in [6.07, 6.45) is 2.30. The van der Waals surface area contributed by atoms with Crippen LogP contribution >= 0.6 is 11.6 Å². The minimum Gasteiger partial charge on any atom is -0.393 e. The molecule has 9 nitrogen and oxygen atoms in total. The molecule has 0 aliphatic carbocycles. The molecule has 2 heterocycles. The van der Waals surface area contributed by atoms with Crippen molar-refractivity contribution in [2.75, 3.05) is 76.4 Å². The molecular weight excluding hydrogens is 488 g/mol. The lowest BCUT2D eigenvalue weighted by Gasteiger charge is -2.35. The standard InChI is InChI=1S/C27H35ClN8O/c1-34(2)12-4-11-30-27(37)20-7-5-19(6-8-20)21-9-10-23(36-15-13-35(3)14-16-36)22(17-21)33-26-24(29)25(28)31-18-32-26/h5-10,17-18H,4,11-16,29H2,1-3H3,(H,30,37)(H,31,32,33). The van der Waals surface area contributed by atoms with Gasteiger partial charge in [0.1, 0.15) is 12.0 Å². The first-order chi connectivity index (χ1) is 17.8. The normalized spacial score (nSPS) is 14.1. The van der Waals surface area contributed by atoms with Crippen LogP contribution in [0.15, 0.2) is 48.8 Å². The first kappa shape index (κ1) is 26.7. The number of anilines is 4. The number of hydrogen-bond donors (Lipinski definition) is 3. The molecule has 37 heavy (non-hydrogen) atoms. The number of rotatable bonds is 9. The summed E-state index contributed by atoms with van der Waals surface area (Å²) < 4.78 is 0. The Morgan fingerprint density at radius 2 is 1.76 bits per heavy atom. The third-order valence-corrected chi connectivity index (χ3v) is 6.78. The molecule has 1 aromatic heterocycles. The van der Waals surface area contributed by atoms with Gasteiger partial charge in [0.15, 0.2) is 11.0 Å². The fraction of sp³-hybridized carbons (Fsp3) is 0.370. The Kier molecular flexibility index (Phi) is 8.81. The molecule has 0 atom stereocenters. The first-order valence-corrected chi connectivity index (χ1v) is 12.8. The van der Waals surface area contributed by atoms with Crippen LogP contribution in [-0.4, -0.2) is 86.1 Å². The fourth-order valence-corrected chi connectivity index (χ4v) is 4.39. The van der Waals surface area contributed by atoms with E-state index in [0.29, 0.717) is 23.6 Å². The molecule has 0 unspecified atom stereocenters. The number of nitrogens with one attached hydrogen (secondary N) is 2. The summed E-state index contributed by atoms with van der Waals surface area (Å²) in [7, 11) is 6.19. The molecule has 0 radical (unpaired) electrons. The predicted molar refractivity (Wildman–Crippen MR) is 152 cm³/mol. The van der Waals surface area contributed by atoms with Gasteiger partial charge in [-0.05, 0) is 69.5 Å². The number of carbonyl (C=O) groups is 1. The van der Waals surface area contributed by atoms with Crippen molar-refractivity contribution >= 4 is 40.4 Å². The van der Waals surface area contributed by atoms with Crippen LogP contribution in [0.5, 0.6) is 0 Å². The van der Waals surface area contributed by atoms with Gasteiger partial charge in [-0.25, -0.2) is 9.97 Å². The molecule has 1 aliphatic rings. The second kappa shape index (κ2) is 12.2. The van der Waals surface area contributed by atoms with E-state index in [2.05, 4.69) is 60.5 Å². The van der Waals surface area contributed by atoms with E-state index in [0.717, 1.165) is 61.6 Å². The van der Waals surface area contributed by atoms with Gasteiger partial charge < -0.3 is 31.1 Å². The first-order valence-electron chi connectivity index (χ1n) is 12.5. The Morgan fingerprint density at radius 3 is 2.46 bits per heavy atom. The highest BCUT2D eigenvalue weighted by atomic mass is 35.5. The number of aromatic nitrogens is 2. The van der Waals surface area contributed by atoms with Crippen LogP contribution < -0.4 is 21.3 Å². The number of amides is 1. The number of halogens is 1. The van der Waals surface area contributed by atoms with Gasteiger partial charge >= 0.3 is 0 Å². The van der Waals surface area contributed by atoms with Gasteiger partial charge in [-0.1, -0.05) is 29.8 Å². The highest BCUT2D eigenvalue weighted by Crippen LogP contribution is 2.35. The van der Waals surface area contributed by atoms with Crippen molar-refractivity contribution < 1.29 is 4.79 Å². The zero-order valence-corrected chi connectivity index (χ0v) is 22.4. The SMILES string of the molecule is CN(C)CCCNC(=O)c1ccc(-c2ccc(N3CCN(C)CC3)c(Nc3ncnc(Cl)c3N)c2)cc1. The van der Waals surface area contributed by atoms with Crippen molar-refractivity contribution in [3.63, 3.8) is 0 Å². The predicted octanol–water partition coefficient (Wildman–Crippen LogP) is 3.56. The molecule has 0 spiro atoms. The lowest BCUT2D eigenvalue weighted by Crippen LogP contribution is -2.44. The number of piperazine rings is 1. The van der Waals surface area contributed by atoms with E-state index >= 15 is 0 Å². The Morgan fingerprint density at radius 1 is 1.05 bits per heavy atom. The molecule has 3 aromatic rings. The van der Waals surface area contributed by atoms with Crippen molar-refractivity contribution in [2.45, 2.75) is 6.42 Å². The van der Waals surface area contributed by atoms with Gasteiger partial charge in [-0.2, -0.15) is 0 Å². The van der Waals surface area contributed by atoms with Crippen LogP contribution in [0.4, 0.5) is 22.9 Å². The Bertz CT molecular complexity index is 1210. The third kappa shape index (κ3) is 6.88. The summed E-state index contributed by atoms with van der Waals surface area (Å²) >= 11 is 6.14. The number of nitrogen functional groups attached to an aromatic ring is 1. The number of nitrogens with two attached hydrogens (primary N) is 1. The van der Waals surface area contributed by atoms with E-state index < -0.39 is 0 Å². The maximum absolute atomic E-state index is 12.5. The summed E-state index contributed by atoms with van der Waals surface area (Å²) in [5, 5.41) is 6.58. The van der Waals surface area contributed by atoms with E-state index in [9.17, 15) is 4.79 Å². The molecule has 1 fully saturated rings. The molecule has 2 aromatic carbocycles. The number of nitrogens with zero attached hydrogens (tertiary/aromatic N) is 5. The van der Waals surface area contributed by atoms with Crippen LogP contribution in [0.25, 0.3) is 11.1 Å². The molecule has 1 amide bonds. The van der Waals surface area contributed by atoms with Gasteiger partial charge in [-0.15, -0.1) is 0 Å². The van der Waals surface area contributed by atoms with Crippen molar-refractivity contribution in [1.29, 1.82) is 0 Å². The monoisotopic (exact) mass is 522 g/mol. The summed E-state index contributed by atoms with van der Waals surface area (Å²) in [5.41, 5.74) is 11.1. The number of hydrogen-bond acceptors (Lipinski definition) is 8. The van der Waals surface area contributed by atoms with Gasteiger partial charge in [0.05, 0.1) is 11.4 Å². The van der Waals surface area contributed by atoms with E-state index in [1.54, 1.807) is 0 Å². The van der Waals surface area contributed by atoms with Crippen LogP contribution in [-0.2, 0) is 0 Å². The van der Waals surface area contributed by atoms with E-state index in [-0.39, 0.29) is 11.1 Å². The second-order valence-electron chi connectivity index (χ2n) is 9.56. The molecule has 10 heteroatoms. The number of carbonyl (C=O) groups excluding carboxylic acids is 1. The largest absolute Gasteiger partial charge is 0.393 e. The molecule has 1 aliphatic heterocycles. The third-order valence-electron chi connectivity index (χ3n) is 6.48. The molecule has 4 N–H and O–H groups in total. The summed E-state index contributed by atoms with van der Waals surface area (Å²) in [6.45, 7) is 5.40. The molecule has 4 rings (SSSR count).